The van der Waals surface area contributed by atoms with Crippen LogP contribution in [-0.2, 0) is 16.8 Å². The molecule has 1 aromatic rings. The lowest BCUT2D eigenvalue weighted by Crippen LogP contribution is -2.53. The largest absolute Gasteiger partial charge is 0.493 e. The van der Waals surface area contributed by atoms with Crippen molar-refractivity contribution in [3.8, 4) is 5.75 Å². The summed E-state index contributed by atoms with van der Waals surface area (Å²) in [6.45, 7) is 4.88. The number of hydrogen-bond donors (Lipinski definition) is 1. The fourth-order valence-corrected chi connectivity index (χ4v) is 3.48. The first kappa shape index (κ1) is 26.7. The third kappa shape index (κ3) is 4.75. The summed E-state index contributed by atoms with van der Waals surface area (Å²) < 4.78 is 84.6. The Bertz CT molecular complexity index is 884. The lowest BCUT2D eigenvalue weighted by molar-refractivity contribution is -0.376. The molecule has 1 heterocycles. The highest BCUT2D eigenvalue weighted by atomic mass is 19.4. The highest BCUT2D eigenvalue weighted by Gasteiger charge is 2.71. The van der Waals surface area contributed by atoms with E-state index in [1.165, 1.54) is 11.9 Å². The minimum absolute atomic E-state index is 0.0362. The molecule has 1 saturated heterocycles. The van der Waals surface area contributed by atoms with Crippen molar-refractivity contribution in [2.45, 2.75) is 63.5 Å². The fraction of sp³-hybridized carbons (Fsp3) is 0.619. The lowest BCUT2D eigenvalue weighted by Gasteiger charge is -2.33. The third-order valence-electron chi connectivity index (χ3n) is 5.73. The Morgan fingerprint density at radius 2 is 1.64 bits per heavy atom. The number of ether oxygens (including phenoxy) is 1. The van der Waals surface area contributed by atoms with Gasteiger partial charge < -0.3 is 14.7 Å². The molecule has 0 atom stereocenters. The number of urea groups is 1. The van der Waals surface area contributed by atoms with Crippen LogP contribution >= 0.6 is 0 Å². The number of imide groups is 1. The molecule has 1 aromatic carbocycles. The van der Waals surface area contributed by atoms with Gasteiger partial charge in [-0.15, -0.1) is 0 Å². The van der Waals surface area contributed by atoms with Crippen LogP contribution in [0.25, 0.3) is 0 Å². The van der Waals surface area contributed by atoms with Gasteiger partial charge in [0, 0.05) is 19.2 Å². The highest BCUT2D eigenvalue weighted by Crippen LogP contribution is 2.50. The first-order chi connectivity index (χ1) is 15.0. The number of carbonyl (C=O) groups excluding carboxylic acids is 2. The summed E-state index contributed by atoms with van der Waals surface area (Å²) in [6, 6.07) is 1.65. The normalized spacial score (nSPS) is 17.2. The predicted molar refractivity (Wildman–Crippen MR) is 106 cm³/mol. The van der Waals surface area contributed by atoms with Gasteiger partial charge in [0.15, 0.2) is 0 Å². The maximum Gasteiger partial charge on any atom is 0.430 e. The average molecular weight is 484 g/mol. The topological polar surface area (TPSA) is 70.1 Å². The highest BCUT2D eigenvalue weighted by molar-refractivity contribution is 6.06. The van der Waals surface area contributed by atoms with E-state index in [2.05, 4.69) is 0 Å². The average Bonchev–Trinajstić information content (AvgIpc) is 2.84. The second-order valence-corrected chi connectivity index (χ2v) is 8.34. The van der Waals surface area contributed by atoms with E-state index >= 15 is 0 Å². The number of benzene rings is 1. The van der Waals surface area contributed by atoms with Crippen LogP contribution < -0.4 is 4.74 Å². The molecule has 3 amide bonds. The summed E-state index contributed by atoms with van der Waals surface area (Å²) in [4.78, 5) is 26.9. The Hall–Kier alpha value is -2.50. The van der Waals surface area contributed by atoms with Crippen molar-refractivity contribution in [1.29, 1.82) is 0 Å². The van der Waals surface area contributed by atoms with Gasteiger partial charge >= 0.3 is 18.4 Å². The van der Waals surface area contributed by atoms with E-state index in [0.29, 0.717) is 18.6 Å². The summed E-state index contributed by atoms with van der Waals surface area (Å²) in [5.74, 6) is -0.326. The number of nitrogens with zero attached hydrogens (tertiary/aromatic N) is 2. The zero-order valence-electron chi connectivity index (χ0n) is 18.6. The van der Waals surface area contributed by atoms with Gasteiger partial charge in [-0.1, -0.05) is 19.4 Å². The van der Waals surface area contributed by atoms with Crippen LogP contribution in [0.1, 0.15) is 44.7 Å². The van der Waals surface area contributed by atoms with Gasteiger partial charge in [0.05, 0.1) is 6.61 Å². The molecule has 0 radical (unpaired) electrons. The van der Waals surface area contributed by atoms with E-state index in [4.69, 9.17) is 4.74 Å². The van der Waals surface area contributed by atoms with Gasteiger partial charge in [-0.05, 0) is 44.4 Å². The molecule has 0 spiro atoms. The van der Waals surface area contributed by atoms with Crippen LogP contribution in [0.2, 0.25) is 0 Å². The van der Waals surface area contributed by atoms with E-state index in [9.17, 15) is 41.0 Å². The Kier molecular flexibility index (Phi) is 7.32. The van der Waals surface area contributed by atoms with Crippen LogP contribution in [0.3, 0.4) is 0 Å². The number of alkyl halides is 6. The molecule has 0 aromatic heterocycles. The molecule has 0 unspecified atom stereocenters. The first-order valence-corrected chi connectivity index (χ1v) is 10.2. The summed E-state index contributed by atoms with van der Waals surface area (Å²) >= 11 is 0. The van der Waals surface area contributed by atoms with Crippen molar-refractivity contribution < 1.29 is 45.8 Å². The minimum atomic E-state index is -5.98. The number of likely N-dealkylation sites (N-methyl/N-ethyl adjacent to an activating group) is 1. The number of rotatable bonds is 8. The van der Waals surface area contributed by atoms with Crippen LogP contribution in [0.15, 0.2) is 18.2 Å². The van der Waals surface area contributed by atoms with E-state index in [1.54, 1.807) is 20.8 Å². The molecular weight excluding hydrogens is 458 g/mol. The standard InChI is InChI=1S/C21H26F6N2O4/c1-5-7-13-12-14(19(32,20(22,23)24)21(25,26)27)8-9-15(13)33-11-6-10-29-16(30)18(2,3)28(4)17(29)31/h8-9,12,32H,5-7,10-11H2,1-4H3. The molecule has 1 aliphatic rings. The summed E-state index contributed by atoms with van der Waals surface area (Å²) in [6.07, 6.45) is -11.3. The number of carbonyl (C=O) groups is 2. The Morgan fingerprint density at radius 3 is 2.09 bits per heavy atom. The van der Waals surface area contributed by atoms with E-state index in [1.807, 2.05) is 0 Å². The molecule has 2 rings (SSSR count). The molecule has 33 heavy (non-hydrogen) atoms. The van der Waals surface area contributed by atoms with Crippen molar-refractivity contribution in [3.05, 3.63) is 29.3 Å². The van der Waals surface area contributed by atoms with Gasteiger partial charge in [-0.3, -0.25) is 9.69 Å². The van der Waals surface area contributed by atoms with Gasteiger partial charge in [0.1, 0.15) is 11.3 Å². The van der Waals surface area contributed by atoms with E-state index < -0.39 is 35.1 Å². The second-order valence-electron chi connectivity index (χ2n) is 8.34. The third-order valence-corrected chi connectivity index (χ3v) is 5.73. The zero-order chi connectivity index (χ0) is 25.4. The molecule has 6 nitrogen and oxygen atoms in total. The maximum atomic E-state index is 13.2. The maximum absolute atomic E-state index is 13.2. The second kappa shape index (κ2) is 9.03. The molecule has 12 heteroatoms. The minimum Gasteiger partial charge on any atom is -0.493 e. The molecule has 1 aliphatic heterocycles. The number of hydrogen-bond acceptors (Lipinski definition) is 4. The number of amides is 3. The Balaban J connectivity index is 2.17. The van der Waals surface area contributed by atoms with E-state index in [0.717, 1.165) is 11.0 Å². The summed E-state index contributed by atoms with van der Waals surface area (Å²) in [5, 5.41) is 9.62. The number of aliphatic hydroxyl groups is 1. The van der Waals surface area contributed by atoms with Gasteiger partial charge in [-0.2, -0.15) is 26.3 Å². The van der Waals surface area contributed by atoms with Gasteiger partial charge in [-0.25, -0.2) is 4.79 Å². The fourth-order valence-electron chi connectivity index (χ4n) is 3.48. The van der Waals surface area contributed by atoms with Crippen molar-refractivity contribution in [1.82, 2.24) is 9.80 Å². The van der Waals surface area contributed by atoms with Crippen molar-refractivity contribution in [2.75, 3.05) is 20.2 Å². The summed E-state index contributed by atoms with van der Waals surface area (Å²) in [7, 11) is 1.50. The molecule has 0 bridgehead atoms. The van der Waals surface area contributed by atoms with Gasteiger partial charge in [0.25, 0.3) is 11.5 Å². The molecule has 1 N–H and O–H groups in total. The number of halogens is 6. The van der Waals surface area contributed by atoms with Crippen molar-refractivity contribution >= 4 is 11.9 Å². The zero-order valence-corrected chi connectivity index (χ0v) is 18.6. The van der Waals surface area contributed by atoms with Crippen molar-refractivity contribution in [2.24, 2.45) is 0 Å². The van der Waals surface area contributed by atoms with Gasteiger partial charge in [0.2, 0.25) is 0 Å². The first-order valence-electron chi connectivity index (χ1n) is 10.2. The molecule has 0 aliphatic carbocycles. The predicted octanol–water partition coefficient (Wildman–Crippen LogP) is 4.39. The monoisotopic (exact) mass is 484 g/mol. The molecular formula is C21H26F6N2O4. The van der Waals surface area contributed by atoms with E-state index in [-0.39, 0.29) is 43.2 Å². The quantitative estimate of drug-likeness (QED) is 0.338. The van der Waals surface area contributed by atoms with Crippen LogP contribution in [0.4, 0.5) is 31.1 Å². The molecule has 0 saturated carbocycles. The Labute approximate surface area is 187 Å². The SMILES string of the molecule is CCCc1cc(C(O)(C(F)(F)F)C(F)(F)F)ccc1OCCCN1C(=O)N(C)C(C)(C)C1=O. The Morgan fingerprint density at radius 1 is 1.06 bits per heavy atom. The molecule has 186 valence electrons. The lowest BCUT2D eigenvalue weighted by atomic mass is 9.90. The molecule has 1 fully saturated rings. The number of aryl methyl sites for hydroxylation is 1. The van der Waals surface area contributed by atoms with Crippen LogP contribution in [0.5, 0.6) is 5.75 Å². The van der Waals surface area contributed by atoms with Crippen molar-refractivity contribution in [3.63, 3.8) is 0 Å². The van der Waals surface area contributed by atoms with Crippen LogP contribution in [-0.4, -0.2) is 64.9 Å². The smallest absolute Gasteiger partial charge is 0.430 e. The summed E-state index contributed by atoms with van der Waals surface area (Å²) in [5.41, 5.74) is -7.29. The van der Waals surface area contributed by atoms with Crippen LogP contribution in [0, 0.1) is 0 Å².